The summed E-state index contributed by atoms with van der Waals surface area (Å²) in [7, 11) is 0. The lowest BCUT2D eigenvalue weighted by atomic mass is 10.1. The maximum Gasteiger partial charge on any atom is 0.248 e. The Morgan fingerprint density at radius 2 is 2.42 bits per heavy atom. The molecule has 2 saturated heterocycles. The molecule has 19 heavy (non-hydrogen) atoms. The van der Waals surface area contributed by atoms with Crippen LogP contribution in [0.3, 0.4) is 0 Å². The lowest BCUT2D eigenvalue weighted by Gasteiger charge is -2.18. The molecule has 2 aliphatic rings. The highest BCUT2D eigenvalue weighted by atomic mass is 16.5. The summed E-state index contributed by atoms with van der Waals surface area (Å²) in [6.07, 6.45) is 1.37. The van der Waals surface area contributed by atoms with Crippen LogP contribution in [-0.2, 0) is 14.3 Å². The van der Waals surface area contributed by atoms with Gasteiger partial charge in [-0.15, -0.1) is 0 Å². The zero-order valence-corrected chi connectivity index (χ0v) is 11.4. The fraction of sp³-hybridized carbons (Fsp3) is 0.923. The summed E-state index contributed by atoms with van der Waals surface area (Å²) in [5.41, 5.74) is 0. The van der Waals surface area contributed by atoms with Crippen molar-refractivity contribution in [2.45, 2.75) is 38.1 Å². The molecule has 1 amide bonds. The van der Waals surface area contributed by atoms with Gasteiger partial charge < -0.3 is 25.2 Å². The predicted octanol–water partition coefficient (Wildman–Crippen LogP) is -0.733. The number of carbonyl (C=O) groups excluding carboxylic acids is 1. The average molecular weight is 272 g/mol. The Morgan fingerprint density at radius 1 is 1.58 bits per heavy atom. The van der Waals surface area contributed by atoms with Crippen molar-refractivity contribution in [2.24, 2.45) is 5.92 Å². The molecule has 6 nitrogen and oxygen atoms in total. The molecule has 0 bridgehead atoms. The van der Waals surface area contributed by atoms with Crippen molar-refractivity contribution in [2.75, 3.05) is 32.8 Å². The van der Waals surface area contributed by atoms with Crippen molar-refractivity contribution in [3.63, 3.8) is 0 Å². The van der Waals surface area contributed by atoms with E-state index in [9.17, 15) is 9.90 Å². The topological polar surface area (TPSA) is 79.8 Å². The van der Waals surface area contributed by atoms with Gasteiger partial charge in [-0.2, -0.15) is 0 Å². The number of amides is 1. The second-order valence-corrected chi connectivity index (χ2v) is 5.34. The van der Waals surface area contributed by atoms with E-state index in [0.29, 0.717) is 19.7 Å². The minimum absolute atomic E-state index is 0.0920. The molecule has 0 radical (unpaired) electrons. The molecule has 2 aliphatic heterocycles. The molecule has 2 fully saturated rings. The smallest absolute Gasteiger partial charge is 0.248 e. The van der Waals surface area contributed by atoms with Gasteiger partial charge in [0.1, 0.15) is 6.10 Å². The van der Waals surface area contributed by atoms with Gasteiger partial charge >= 0.3 is 0 Å². The summed E-state index contributed by atoms with van der Waals surface area (Å²) in [5, 5.41) is 15.5. The van der Waals surface area contributed by atoms with Crippen molar-refractivity contribution in [3.8, 4) is 0 Å². The van der Waals surface area contributed by atoms with Crippen LogP contribution >= 0.6 is 0 Å². The summed E-state index contributed by atoms with van der Waals surface area (Å²) in [5.74, 6) is -0.0357. The van der Waals surface area contributed by atoms with E-state index in [0.717, 1.165) is 26.0 Å². The van der Waals surface area contributed by atoms with E-state index in [4.69, 9.17) is 9.47 Å². The number of carbonyl (C=O) groups is 1. The van der Waals surface area contributed by atoms with E-state index in [-0.39, 0.29) is 24.0 Å². The second kappa shape index (κ2) is 7.19. The molecule has 110 valence electrons. The Bertz CT molecular complexity index is 294. The molecule has 0 aliphatic carbocycles. The summed E-state index contributed by atoms with van der Waals surface area (Å²) in [6.45, 7) is 4.84. The molecule has 4 unspecified atom stereocenters. The van der Waals surface area contributed by atoms with Crippen LogP contribution in [0.5, 0.6) is 0 Å². The van der Waals surface area contributed by atoms with Gasteiger partial charge in [0.05, 0.1) is 18.8 Å². The Labute approximate surface area is 113 Å². The van der Waals surface area contributed by atoms with Crippen LogP contribution in [-0.4, -0.2) is 62.2 Å². The minimum atomic E-state index is -0.476. The van der Waals surface area contributed by atoms with Crippen molar-refractivity contribution in [3.05, 3.63) is 0 Å². The standard InChI is InChI=1S/C13H24N2O4/c1-9(19-8-11-3-2-4-18-11)13(17)15-6-10-5-14-7-12(10)16/h9-12,14,16H,2-8H2,1H3,(H,15,17). The third kappa shape index (κ3) is 4.42. The monoisotopic (exact) mass is 272 g/mol. The van der Waals surface area contributed by atoms with E-state index < -0.39 is 6.10 Å². The zero-order chi connectivity index (χ0) is 13.7. The molecule has 0 aromatic rings. The summed E-state index contributed by atoms with van der Waals surface area (Å²) < 4.78 is 11.0. The van der Waals surface area contributed by atoms with Crippen LogP contribution < -0.4 is 10.6 Å². The first-order valence-electron chi connectivity index (χ1n) is 7.06. The number of hydrogen-bond acceptors (Lipinski definition) is 5. The van der Waals surface area contributed by atoms with Gasteiger partial charge in [-0.3, -0.25) is 4.79 Å². The molecular weight excluding hydrogens is 248 g/mol. The number of hydrogen-bond donors (Lipinski definition) is 3. The molecule has 2 heterocycles. The van der Waals surface area contributed by atoms with E-state index in [2.05, 4.69) is 10.6 Å². The molecule has 2 rings (SSSR count). The number of aliphatic hydroxyl groups excluding tert-OH is 1. The van der Waals surface area contributed by atoms with E-state index in [1.54, 1.807) is 6.92 Å². The van der Waals surface area contributed by atoms with Gasteiger partial charge in [0, 0.05) is 32.2 Å². The SMILES string of the molecule is CC(OCC1CCCO1)C(=O)NCC1CNCC1O. The van der Waals surface area contributed by atoms with Gasteiger partial charge in [-0.05, 0) is 19.8 Å². The molecule has 0 spiro atoms. The lowest BCUT2D eigenvalue weighted by Crippen LogP contribution is -2.40. The molecule has 3 N–H and O–H groups in total. The highest BCUT2D eigenvalue weighted by molar-refractivity contribution is 5.80. The van der Waals surface area contributed by atoms with Crippen LogP contribution in [0.4, 0.5) is 0 Å². The zero-order valence-electron chi connectivity index (χ0n) is 11.4. The first kappa shape index (κ1) is 14.7. The number of ether oxygens (including phenoxy) is 2. The van der Waals surface area contributed by atoms with Gasteiger partial charge in [-0.1, -0.05) is 0 Å². The lowest BCUT2D eigenvalue weighted by molar-refractivity contribution is -0.134. The number of β-amino-alcohol motifs (C(OH)–C–C–N with tert-alkyl or cyclic N) is 1. The largest absolute Gasteiger partial charge is 0.391 e. The maximum atomic E-state index is 11.8. The van der Waals surface area contributed by atoms with E-state index in [1.165, 1.54) is 0 Å². The van der Waals surface area contributed by atoms with Gasteiger partial charge in [0.2, 0.25) is 5.91 Å². The highest BCUT2D eigenvalue weighted by Gasteiger charge is 2.26. The highest BCUT2D eigenvalue weighted by Crippen LogP contribution is 2.13. The first-order chi connectivity index (χ1) is 9.16. The molecule has 6 heteroatoms. The summed E-state index contributed by atoms with van der Waals surface area (Å²) in [4.78, 5) is 11.8. The van der Waals surface area contributed by atoms with Gasteiger partial charge in [-0.25, -0.2) is 0 Å². The second-order valence-electron chi connectivity index (χ2n) is 5.34. The van der Waals surface area contributed by atoms with Crippen LogP contribution in [0.25, 0.3) is 0 Å². The summed E-state index contributed by atoms with van der Waals surface area (Å²) in [6, 6.07) is 0. The van der Waals surface area contributed by atoms with Crippen LogP contribution in [0.15, 0.2) is 0 Å². The van der Waals surface area contributed by atoms with Crippen molar-refractivity contribution in [1.82, 2.24) is 10.6 Å². The Morgan fingerprint density at radius 3 is 3.05 bits per heavy atom. The number of rotatable bonds is 6. The minimum Gasteiger partial charge on any atom is -0.391 e. The quantitative estimate of drug-likeness (QED) is 0.594. The predicted molar refractivity (Wildman–Crippen MR) is 69.8 cm³/mol. The number of nitrogens with one attached hydrogen (secondary N) is 2. The van der Waals surface area contributed by atoms with Gasteiger partial charge in [0.25, 0.3) is 0 Å². The molecular formula is C13H24N2O4. The van der Waals surface area contributed by atoms with Crippen molar-refractivity contribution < 1.29 is 19.4 Å². The van der Waals surface area contributed by atoms with E-state index in [1.807, 2.05) is 0 Å². The van der Waals surface area contributed by atoms with Crippen LogP contribution in [0, 0.1) is 5.92 Å². The first-order valence-corrected chi connectivity index (χ1v) is 7.06. The van der Waals surface area contributed by atoms with Crippen molar-refractivity contribution >= 4 is 5.91 Å². The molecule has 4 atom stereocenters. The molecule has 0 aromatic heterocycles. The fourth-order valence-electron chi connectivity index (χ4n) is 2.41. The Balaban J connectivity index is 1.61. The maximum absolute atomic E-state index is 11.8. The van der Waals surface area contributed by atoms with Crippen molar-refractivity contribution in [1.29, 1.82) is 0 Å². The Hall–Kier alpha value is -0.690. The fourth-order valence-corrected chi connectivity index (χ4v) is 2.41. The molecule has 0 saturated carbocycles. The third-order valence-corrected chi connectivity index (χ3v) is 3.77. The van der Waals surface area contributed by atoms with Crippen LogP contribution in [0.2, 0.25) is 0 Å². The Kier molecular flexibility index (Phi) is 5.57. The average Bonchev–Trinajstić information content (AvgIpc) is 3.04. The number of aliphatic hydroxyl groups is 1. The van der Waals surface area contributed by atoms with Gasteiger partial charge in [0.15, 0.2) is 0 Å². The van der Waals surface area contributed by atoms with Crippen LogP contribution in [0.1, 0.15) is 19.8 Å². The van der Waals surface area contributed by atoms with E-state index >= 15 is 0 Å². The molecule has 0 aromatic carbocycles. The third-order valence-electron chi connectivity index (χ3n) is 3.77. The summed E-state index contributed by atoms with van der Waals surface area (Å²) >= 11 is 0. The normalized spacial score (nSPS) is 32.4.